The van der Waals surface area contributed by atoms with Gasteiger partial charge in [0.25, 0.3) is 0 Å². The van der Waals surface area contributed by atoms with Crippen molar-refractivity contribution < 1.29 is 13.7 Å². The number of carbonyl (C=O) groups is 1. The van der Waals surface area contributed by atoms with Gasteiger partial charge in [-0.1, -0.05) is 44.7 Å². The molecule has 0 aliphatic heterocycles. The Balaban J connectivity index is 2.54. The molecule has 0 aromatic heterocycles. The molecule has 106 valence electrons. The van der Waals surface area contributed by atoms with Crippen molar-refractivity contribution in [3.8, 4) is 5.75 Å². The van der Waals surface area contributed by atoms with E-state index in [0.717, 1.165) is 12.8 Å². The number of rotatable bonds is 8. The third-order valence-electron chi connectivity index (χ3n) is 2.78. The van der Waals surface area contributed by atoms with E-state index in [1.807, 2.05) is 6.07 Å². The van der Waals surface area contributed by atoms with Gasteiger partial charge in [-0.15, -0.1) is 0 Å². The van der Waals surface area contributed by atoms with Gasteiger partial charge < -0.3 is 4.74 Å². The third kappa shape index (κ3) is 6.01. The van der Waals surface area contributed by atoms with Crippen molar-refractivity contribution in [2.24, 2.45) is 0 Å². The molecule has 1 aromatic carbocycles. The topological polar surface area (TPSA) is 43.4 Å². The van der Waals surface area contributed by atoms with Gasteiger partial charge in [0.2, 0.25) is 0 Å². The van der Waals surface area contributed by atoms with Crippen molar-refractivity contribution >= 4 is 16.8 Å². The van der Waals surface area contributed by atoms with Crippen molar-refractivity contribution in [3.05, 3.63) is 24.3 Å². The SMILES string of the molecule is CCCCCCC[S@@](=O)c1ccccc1OC(C)=O. The second-order valence-corrected chi connectivity index (χ2v) is 6.04. The van der Waals surface area contributed by atoms with Crippen molar-refractivity contribution in [3.63, 3.8) is 0 Å². The highest BCUT2D eigenvalue weighted by atomic mass is 32.2. The smallest absolute Gasteiger partial charge is 0.308 e. The van der Waals surface area contributed by atoms with Crippen molar-refractivity contribution in [1.82, 2.24) is 0 Å². The molecular weight excluding hydrogens is 260 g/mol. The van der Waals surface area contributed by atoms with Crippen LogP contribution in [0.15, 0.2) is 29.2 Å². The van der Waals surface area contributed by atoms with Gasteiger partial charge in [-0.05, 0) is 18.6 Å². The molecule has 0 radical (unpaired) electrons. The number of carbonyl (C=O) groups excluding carboxylic acids is 1. The van der Waals surface area contributed by atoms with Crippen LogP contribution in [0.1, 0.15) is 46.0 Å². The molecule has 0 fully saturated rings. The van der Waals surface area contributed by atoms with Crippen LogP contribution in [0, 0.1) is 0 Å². The standard InChI is InChI=1S/C15H22O3S/c1-3-4-5-6-9-12-19(17)15-11-8-7-10-14(15)18-13(2)16/h7-8,10-11H,3-6,9,12H2,1-2H3/t19-/m1/s1. The van der Waals surface area contributed by atoms with Crippen LogP contribution in [0.2, 0.25) is 0 Å². The molecule has 19 heavy (non-hydrogen) atoms. The number of esters is 1. The van der Waals surface area contributed by atoms with E-state index in [1.54, 1.807) is 18.2 Å². The molecule has 0 aliphatic rings. The van der Waals surface area contributed by atoms with E-state index >= 15 is 0 Å². The van der Waals surface area contributed by atoms with E-state index in [9.17, 15) is 9.00 Å². The molecular formula is C15H22O3S. The fraction of sp³-hybridized carbons (Fsp3) is 0.533. The third-order valence-corrected chi connectivity index (χ3v) is 4.27. The fourth-order valence-electron chi connectivity index (χ4n) is 1.82. The predicted molar refractivity (Wildman–Crippen MR) is 77.8 cm³/mol. The molecule has 1 atom stereocenters. The van der Waals surface area contributed by atoms with Crippen LogP contribution in [-0.4, -0.2) is 15.9 Å². The highest BCUT2D eigenvalue weighted by Gasteiger charge is 2.11. The van der Waals surface area contributed by atoms with Crippen molar-refractivity contribution in [1.29, 1.82) is 0 Å². The molecule has 0 spiro atoms. The van der Waals surface area contributed by atoms with Crippen LogP contribution in [0.4, 0.5) is 0 Å². The number of unbranched alkanes of at least 4 members (excludes halogenated alkanes) is 4. The zero-order chi connectivity index (χ0) is 14.1. The van der Waals surface area contributed by atoms with E-state index in [2.05, 4.69) is 6.92 Å². The van der Waals surface area contributed by atoms with Gasteiger partial charge in [0.05, 0.1) is 15.7 Å². The molecule has 0 aliphatic carbocycles. The summed E-state index contributed by atoms with van der Waals surface area (Å²) in [5.41, 5.74) is 0. The zero-order valence-corrected chi connectivity index (χ0v) is 12.5. The molecule has 0 saturated carbocycles. The van der Waals surface area contributed by atoms with Gasteiger partial charge in [0.15, 0.2) is 0 Å². The summed E-state index contributed by atoms with van der Waals surface area (Å²) in [7, 11) is -1.09. The highest BCUT2D eigenvalue weighted by Crippen LogP contribution is 2.22. The van der Waals surface area contributed by atoms with Crippen LogP contribution in [0.3, 0.4) is 0 Å². The van der Waals surface area contributed by atoms with Gasteiger partial charge >= 0.3 is 5.97 Å². The summed E-state index contributed by atoms with van der Waals surface area (Å²) in [5.74, 6) is 0.663. The fourth-order valence-corrected chi connectivity index (χ4v) is 3.07. The number of hydrogen-bond acceptors (Lipinski definition) is 3. The molecule has 0 heterocycles. The second kappa shape index (κ2) is 8.86. The lowest BCUT2D eigenvalue weighted by atomic mass is 10.2. The van der Waals surface area contributed by atoms with Crippen LogP contribution in [0.25, 0.3) is 0 Å². The predicted octanol–water partition coefficient (Wildman–Crippen LogP) is 3.69. The van der Waals surface area contributed by atoms with Gasteiger partial charge in [0, 0.05) is 12.7 Å². The first kappa shape index (κ1) is 15.9. The summed E-state index contributed by atoms with van der Waals surface area (Å²) in [4.78, 5) is 11.6. The summed E-state index contributed by atoms with van der Waals surface area (Å²) in [6.07, 6.45) is 5.69. The molecule has 0 bridgehead atoms. The van der Waals surface area contributed by atoms with Gasteiger partial charge in [-0.2, -0.15) is 0 Å². The minimum Gasteiger partial charge on any atom is -0.425 e. The first-order chi connectivity index (χ1) is 9.15. The first-order valence-corrected chi connectivity index (χ1v) is 8.13. The van der Waals surface area contributed by atoms with E-state index in [4.69, 9.17) is 4.74 Å². The molecule has 0 saturated heterocycles. The van der Waals surface area contributed by atoms with Crippen LogP contribution in [-0.2, 0) is 15.6 Å². The van der Waals surface area contributed by atoms with Crippen LogP contribution < -0.4 is 4.74 Å². The number of para-hydroxylation sites is 1. The summed E-state index contributed by atoms with van der Waals surface area (Å²) < 4.78 is 17.3. The van der Waals surface area contributed by atoms with E-state index in [-0.39, 0.29) is 5.97 Å². The zero-order valence-electron chi connectivity index (χ0n) is 11.7. The normalized spacial score (nSPS) is 12.1. The molecule has 1 aromatic rings. The lowest BCUT2D eigenvalue weighted by Crippen LogP contribution is -2.06. The Hall–Kier alpha value is -1.16. The number of hydrogen-bond donors (Lipinski definition) is 0. The summed E-state index contributed by atoms with van der Waals surface area (Å²) in [6.45, 7) is 3.53. The second-order valence-electron chi connectivity index (χ2n) is 4.50. The summed E-state index contributed by atoms with van der Waals surface area (Å²) in [5, 5.41) is 0. The van der Waals surface area contributed by atoms with Gasteiger partial charge in [-0.3, -0.25) is 9.00 Å². The Labute approximate surface area is 117 Å². The van der Waals surface area contributed by atoms with Gasteiger partial charge in [-0.25, -0.2) is 0 Å². The summed E-state index contributed by atoms with van der Waals surface area (Å²) in [6, 6.07) is 7.05. The molecule has 3 nitrogen and oxygen atoms in total. The maximum absolute atomic E-state index is 12.2. The van der Waals surface area contributed by atoms with Crippen LogP contribution in [0.5, 0.6) is 5.75 Å². The maximum Gasteiger partial charge on any atom is 0.308 e. The van der Waals surface area contributed by atoms with E-state index < -0.39 is 10.8 Å². The van der Waals surface area contributed by atoms with Gasteiger partial charge in [0.1, 0.15) is 5.75 Å². The lowest BCUT2D eigenvalue weighted by molar-refractivity contribution is -0.132. The molecule has 1 rings (SSSR count). The minimum atomic E-state index is -1.09. The molecule has 4 heteroatoms. The largest absolute Gasteiger partial charge is 0.425 e. The minimum absolute atomic E-state index is 0.382. The number of benzene rings is 1. The Bertz CT molecular complexity index is 429. The maximum atomic E-state index is 12.2. The Kier molecular flexibility index (Phi) is 7.41. The van der Waals surface area contributed by atoms with E-state index in [0.29, 0.717) is 16.4 Å². The Morgan fingerprint density at radius 3 is 2.53 bits per heavy atom. The van der Waals surface area contributed by atoms with Crippen LogP contribution >= 0.6 is 0 Å². The number of ether oxygens (including phenoxy) is 1. The molecule has 0 unspecified atom stereocenters. The molecule has 0 N–H and O–H groups in total. The average Bonchev–Trinajstić information content (AvgIpc) is 2.38. The highest BCUT2D eigenvalue weighted by molar-refractivity contribution is 7.85. The van der Waals surface area contributed by atoms with Crippen molar-refractivity contribution in [2.75, 3.05) is 5.75 Å². The quantitative estimate of drug-likeness (QED) is 0.415. The Morgan fingerprint density at radius 2 is 1.84 bits per heavy atom. The van der Waals surface area contributed by atoms with E-state index in [1.165, 1.54) is 26.2 Å². The Morgan fingerprint density at radius 1 is 1.16 bits per heavy atom. The lowest BCUT2D eigenvalue weighted by Gasteiger charge is -2.08. The first-order valence-electron chi connectivity index (χ1n) is 6.81. The summed E-state index contributed by atoms with van der Waals surface area (Å²) >= 11 is 0. The monoisotopic (exact) mass is 282 g/mol. The average molecular weight is 282 g/mol. The van der Waals surface area contributed by atoms with Crippen molar-refractivity contribution in [2.45, 2.75) is 50.8 Å². The molecule has 0 amide bonds.